The average Bonchev–Trinajstić information content (AvgIpc) is 2.71. The number of ether oxygens (including phenoxy) is 3. The number of hydrogen-bond acceptors (Lipinski definition) is 6. The summed E-state index contributed by atoms with van der Waals surface area (Å²) < 4.78 is 15.0. The topological polar surface area (TPSA) is 85.2 Å². The largest absolute Gasteiger partial charge is 0.469 e. The maximum Gasteiger partial charge on any atom is 0.305 e. The number of esters is 1. The average molecular weight is 234 g/mol. The van der Waals surface area contributed by atoms with Crippen molar-refractivity contribution >= 4 is 5.97 Å². The van der Waals surface area contributed by atoms with Crippen LogP contribution in [0, 0.1) is 5.92 Å². The first kappa shape index (κ1) is 13.4. The molecule has 0 saturated carbocycles. The monoisotopic (exact) mass is 234 g/mol. The fourth-order valence-corrected chi connectivity index (χ4v) is 1.88. The highest BCUT2D eigenvalue weighted by atomic mass is 16.7. The Hall–Kier alpha value is -0.690. The molecule has 1 saturated heterocycles. The van der Waals surface area contributed by atoms with Gasteiger partial charge in [-0.1, -0.05) is 0 Å². The second-order valence-corrected chi connectivity index (χ2v) is 3.79. The van der Waals surface area contributed by atoms with Crippen LogP contribution >= 0.6 is 0 Å². The molecule has 6 heteroatoms. The molecule has 1 aliphatic heterocycles. The summed E-state index contributed by atoms with van der Waals surface area (Å²) in [6.45, 7) is -0.404. The predicted octanol–water partition coefficient (Wildman–Crippen LogP) is -0.720. The molecule has 1 fully saturated rings. The number of aliphatic hydroxyl groups excluding tert-OH is 2. The van der Waals surface area contributed by atoms with E-state index >= 15 is 0 Å². The fourth-order valence-electron chi connectivity index (χ4n) is 1.88. The van der Waals surface area contributed by atoms with Gasteiger partial charge in [-0.15, -0.1) is 0 Å². The molecule has 0 amide bonds. The molecule has 94 valence electrons. The molecule has 0 aromatic rings. The fraction of sp³-hybridized carbons (Fsp3) is 0.900. The van der Waals surface area contributed by atoms with Gasteiger partial charge in [-0.3, -0.25) is 4.79 Å². The predicted molar refractivity (Wildman–Crippen MR) is 53.5 cm³/mol. The van der Waals surface area contributed by atoms with Crippen molar-refractivity contribution in [3.63, 3.8) is 0 Å². The van der Waals surface area contributed by atoms with Crippen molar-refractivity contribution in [1.82, 2.24) is 0 Å². The van der Waals surface area contributed by atoms with Gasteiger partial charge in [0.2, 0.25) is 0 Å². The van der Waals surface area contributed by atoms with Crippen LogP contribution < -0.4 is 0 Å². The van der Waals surface area contributed by atoms with E-state index in [-0.39, 0.29) is 18.3 Å². The van der Waals surface area contributed by atoms with Gasteiger partial charge < -0.3 is 24.4 Å². The van der Waals surface area contributed by atoms with E-state index in [1.807, 2.05) is 0 Å². The molecule has 0 bridgehead atoms. The Kier molecular flexibility index (Phi) is 5.14. The van der Waals surface area contributed by atoms with Crippen molar-refractivity contribution in [2.45, 2.75) is 31.3 Å². The van der Waals surface area contributed by atoms with Gasteiger partial charge in [-0.05, 0) is 0 Å². The Labute approximate surface area is 94.1 Å². The van der Waals surface area contributed by atoms with Crippen molar-refractivity contribution in [3.8, 4) is 0 Å². The normalized spacial score (nSPS) is 31.4. The molecule has 0 aliphatic carbocycles. The summed E-state index contributed by atoms with van der Waals surface area (Å²) in [5.74, 6) is -0.556. The molecule has 1 rings (SSSR count). The molecule has 6 nitrogen and oxygen atoms in total. The summed E-state index contributed by atoms with van der Waals surface area (Å²) in [6, 6.07) is 0. The number of aliphatic hydroxyl groups is 2. The van der Waals surface area contributed by atoms with E-state index in [2.05, 4.69) is 4.74 Å². The van der Waals surface area contributed by atoms with Crippen LogP contribution in [0.2, 0.25) is 0 Å². The Balaban J connectivity index is 2.60. The van der Waals surface area contributed by atoms with Gasteiger partial charge in [0.1, 0.15) is 6.10 Å². The van der Waals surface area contributed by atoms with Gasteiger partial charge in [0.15, 0.2) is 6.29 Å². The van der Waals surface area contributed by atoms with Crippen LogP contribution in [0.4, 0.5) is 0 Å². The number of carbonyl (C=O) groups excluding carboxylic acids is 1. The van der Waals surface area contributed by atoms with E-state index in [9.17, 15) is 9.90 Å². The lowest BCUT2D eigenvalue weighted by molar-refractivity contribution is -0.151. The summed E-state index contributed by atoms with van der Waals surface area (Å²) in [5.41, 5.74) is 0. The number of hydrogen-bond donors (Lipinski definition) is 2. The van der Waals surface area contributed by atoms with Crippen LogP contribution in [-0.2, 0) is 19.0 Å². The molecule has 1 unspecified atom stereocenters. The smallest absolute Gasteiger partial charge is 0.305 e. The maximum atomic E-state index is 11.2. The highest BCUT2D eigenvalue weighted by Gasteiger charge is 2.40. The van der Waals surface area contributed by atoms with E-state index in [4.69, 9.17) is 14.6 Å². The second kappa shape index (κ2) is 6.15. The third-order valence-corrected chi connectivity index (χ3v) is 2.75. The first-order valence-electron chi connectivity index (χ1n) is 5.16. The summed E-state index contributed by atoms with van der Waals surface area (Å²) in [7, 11) is 2.80. The standard InChI is InChI=1S/C10H18O6/c1-14-8(13)3-6-4-9(15-2)16-10(6)7(12)5-11/h6-7,9-12H,3-5H2,1-2H3/t6-,7+,9?,10-/m0/s1. The molecular formula is C10H18O6. The summed E-state index contributed by atoms with van der Waals surface area (Å²) in [5, 5.41) is 18.4. The lowest BCUT2D eigenvalue weighted by Gasteiger charge is -2.21. The molecule has 1 heterocycles. The van der Waals surface area contributed by atoms with Crippen molar-refractivity contribution in [2.24, 2.45) is 5.92 Å². The van der Waals surface area contributed by atoms with Gasteiger partial charge in [-0.2, -0.15) is 0 Å². The van der Waals surface area contributed by atoms with Crippen LogP contribution in [-0.4, -0.2) is 55.5 Å². The molecule has 0 spiro atoms. The summed E-state index contributed by atoms with van der Waals surface area (Å²) in [6.07, 6.45) is -1.38. The quantitative estimate of drug-likeness (QED) is 0.611. The summed E-state index contributed by atoms with van der Waals surface area (Å²) in [4.78, 5) is 11.2. The number of methoxy groups -OCH3 is 2. The molecule has 1 aliphatic rings. The van der Waals surface area contributed by atoms with Gasteiger partial charge >= 0.3 is 5.97 Å². The Morgan fingerprint density at radius 1 is 1.56 bits per heavy atom. The zero-order valence-corrected chi connectivity index (χ0v) is 9.46. The van der Waals surface area contributed by atoms with Gasteiger partial charge in [0, 0.05) is 19.4 Å². The molecule has 0 aromatic heterocycles. The van der Waals surface area contributed by atoms with Crippen LogP contribution in [0.3, 0.4) is 0 Å². The van der Waals surface area contributed by atoms with E-state index < -0.39 is 25.1 Å². The minimum Gasteiger partial charge on any atom is -0.469 e. The van der Waals surface area contributed by atoms with E-state index in [1.54, 1.807) is 0 Å². The van der Waals surface area contributed by atoms with Crippen LogP contribution in [0.15, 0.2) is 0 Å². The third-order valence-electron chi connectivity index (χ3n) is 2.75. The van der Waals surface area contributed by atoms with Crippen molar-refractivity contribution in [3.05, 3.63) is 0 Å². The second-order valence-electron chi connectivity index (χ2n) is 3.79. The molecule has 0 radical (unpaired) electrons. The lowest BCUT2D eigenvalue weighted by Crippen LogP contribution is -2.35. The number of carbonyl (C=O) groups is 1. The zero-order valence-electron chi connectivity index (χ0n) is 9.46. The van der Waals surface area contributed by atoms with Crippen LogP contribution in [0.25, 0.3) is 0 Å². The molecular weight excluding hydrogens is 216 g/mol. The van der Waals surface area contributed by atoms with Crippen molar-refractivity contribution in [2.75, 3.05) is 20.8 Å². The SMILES string of the molecule is COC(=O)C[C@H]1CC(OC)O[C@@H]1[C@H](O)CO. The Morgan fingerprint density at radius 2 is 2.25 bits per heavy atom. The van der Waals surface area contributed by atoms with Crippen molar-refractivity contribution in [1.29, 1.82) is 0 Å². The molecule has 0 aromatic carbocycles. The van der Waals surface area contributed by atoms with Crippen LogP contribution in [0.1, 0.15) is 12.8 Å². The zero-order chi connectivity index (χ0) is 12.1. The minimum absolute atomic E-state index is 0.151. The first-order chi connectivity index (χ1) is 7.62. The van der Waals surface area contributed by atoms with E-state index in [0.717, 1.165) is 0 Å². The van der Waals surface area contributed by atoms with Crippen molar-refractivity contribution < 1.29 is 29.2 Å². The molecule has 4 atom stereocenters. The lowest BCUT2D eigenvalue weighted by atomic mass is 9.94. The Bertz CT molecular complexity index is 231. The highest BCUT2D eigenvalue weighted by molar-refractivity contribution is 5.69. The Morgan fingerprint density at radius 3 is 2.75 bits per heavy atom. The van der Waals surface area contributed by atoms with Crippen LogP contribution in [0.5, 0.6) is 0 Å². The third kappa shape index (κ3) is 3.15. The number of rotatable bonds is 5. The van der Waals surface area contributed by atoms with Gasteiger partial charge in [0.05, 0.1) is 26.2 Å². The van der Waals surface area contributed by atoms with Gasteiger partial charge in [0.25, 0.3) is 0 Å². The molecule has 16 heavy (non-hydrogen) atoms. The highest BCUT2D eigenvalue weighted by Crippen LogP contribution is 2.31. The minimum atomic E-state index is -1.00. The maximum absolute atomic E-state index is 11.2. The first-order valence-corrected chi connectivity index (χ1v) is 5.16. The van der Waals surface area contributed by atoms with E-state index in [1.165, 1.54) is 14.2 Å². The summed E-state index contributed by atoms with van der Waals surface area (Å²) >= 11 is 0. The molecule has 2 N–H and O–H groups in total. The van der Waals surface area contributed by atoms with E-state index in [0.29, 0.717) is 6.42 Å². The van der Waals surface area contributed by atoms with Gasteiger partial charge in [-0.25, -0.2) is 0 Å².